The molecule has 2 aromatic heterocycles. The van der Waals surface area contributed by atoms with Gasteiger partial charge in [-0.3, -0.25) is 9.59 Å². The number of benzene rings is 4. The highest BCUT2D eigenvalue weighted by atomic mass is 16.2. The van der Waals surface area contributed by atoms with E-state index in [9.17, 15) is 9.59 Å². The van der Waals surface area contributed by atoms with E-state index in [1.54, 1.807) is 0 Å². The van der Waals surface area contributed by atoms with Crippen molar-refractivity contribution >= 4 is 33.6 Å². The van der Waals surface area contributed by atoms with Crippen LogP contribution in [0.15, 0.2) is 109 Å². The number of rotatable bonds is 8. The van der Waals surface area contributed by atoms with Gasteiger partial charge in [-0.15, -0.1) is 0 Å². The number of aromatic nitrogens is 2. The van der Waals surface area contributed by atoms with Gasteiger partial charge in [-0.25, -0.2) is 9.97 Å². The molecule has 0 spiro atoms. The Morgan fingerprint density at radius 1 is 0.528 bits per heavy atom. The van der Waals surface area contributed by atoms with Crippen LogP contribution in [0.4, 0.5) is 0 Å². The SMILES string of the molecule is Cc1ccccc1-c1cc(C(=O)NC2CCC(CC3CCC(NC(=O)c4cc(-c5ccccc5C)nc5ccccc45)CC3)CC2)c2ccccc2n1. The summed E-state index contributed by atoms with van der Waals surface area (Å²) < 4.78 is 0. The van der Waals surface area contributed by atoms with E-state index in [2.05, 4.69) is 48.7 Å². The van der Waals surface area contributed by atoms with Crippen molar-refractivity contribution in [3.05, 3.63) is 131 Å². The maximum absolute atomic E-state index is 13.8. The molecule has 6 nitrogen and oxygen atoms in total. The molecule has 0 bridgehead atoms. The molecule has 2 heterocycles. The average molecular weight is 701 g/mol. The molecule has 268 valence electrons. The summed E-state index contributed by atoms with van der Waals surface area (Å²) in [5.74, 6) is 1.37. The first-order chi connectivity index (χ1) is 25.9. The molecule has 0 saturated heterocycles. The molecule has 0 aliphatic heterocycles. The molecule has 53 heavy (non-hydrogen) atoms. The van der Waals surface area contributed by atoms with Gasteiger partial charge in [0.2, 0.25) is 0 Å². The molecule has 0 atom stereocenters. The lowest BCUT2D eigenvalue weighted by molar-refractivity contribution is 0.0919. The summed E-state index contributed by atoms with van der Waals surface area (Å²) in [5.41, 5.74) is 9.15. The zero-order valence-electron chi connectivity index (χ0n) is 30.8. The quantitative estimate of drug-likeness (QED) is 0.166. The van der Waals surface area contributed by atoms with E-state index in [1.807, 2.05) is 84.9 Å². The highest BCUT2D eigenvalue weighted by Crippen LogP contribution is 2.36. The number of carbonyl (C=O) groups is 2. The first-order valence-electron chi connectivity index (χ1n) is 19.4. The minimum atomic E-state index is -0.00609. The third kappa shape index (κ3) is 7.59. The lowest BCUT2D eigenvalue weighted by Crippen LogP contribution is -2.39. The minimum Gasteiger partial charge on any atom is -0.349 e. The predicted molar refractivity (Wildman–Crippen MR) is 215 cm³/mol. The summed E-state index contributed by atoms with van der Waals surface area (Å²) in [6.07, 6.45) is 9.87. The molecular formula is C47H48N4O2. The van der Waals surface area contributed by atoms with E-state index in [4.69, 9.17) is 9.97 Å². The second-order valence-electron chi connectivity index (χ2n) is 15.4. The number of para-hydroxylation sites is 2. The zero-order valence-corrected chi connectivity index (χ0v) is 30.8. The normalized spacial score (nSPS) is 20.3. The standard InChI is InChI=1S/C47H48N4O2/c1-30-11-3-5-13-36(30)44-28-40(38-15-7-9-17-42(38)50-44)46(52)48-34-23-19-32(20-24-34)27-33-21-25-35(26-22-33)49-47(53)41-29-45(37-14-6-4-12-31(37)2)51-43-18-10-8-16-39(41)43/h3-18,28-29,32-35H,19-27H2,1-2H3,(H,48,52)(H,49,53). The summed E-state index contributed by atoms with van der Waals surface area (Å²) in [5, 5.41) is 8.58. The summed E-state index contributed by atoms with van der Waals surface area (Å²) in [7, 11) is 0. The van der Waals surface area contributed by atoms with Crippen LogP contribution >= 0.6 is 0 Å². The zero-order chi connectivity index (χ0) is 36.3. The summed E-state index contributed by atoms with van der Waals surface area (Å²) in [4.78, 5) is 37.4. The van der Waals surface area contributed by atoms with Crippen LogP contribution < -0.4 is 10.6 Å². The van der Waals surface area contributed by atoms with Crippen LogP contribution in [-0.2, 0) is 0 Å². The topological polar surface area (TPSA) is 84.0 Å². The Morgan fingerprint density at radius 2 is 0.906 bits per heavy atom. The highest BCUT2D eigenvalue weighted by molar-refractivity contribution is 6.08. The van der Waals surface area contributed by atoms with Gasteiger partial charge in [-0.2, -0.15) is 0 Å². The molecule has 0 radical (unpaired) electrons. The fraction of sp³-hybridized carbons (Fsp3) is 0.319. The molecule has 2 saturated carbocycles. The molecule has 2 fully saturated rings. The third-order valence-electron chi connectivity index (χ3n) is 11.8. The Labute approximate surface area is 312 Å². The molecule has 2 aliphatic carbocycles. The predicted octanol–water partition coefficient (Wildman–Crippen LogP) is 10.4. The number of nitrogens with zero attached hydrogens (tertiary/aromatic N) is 2. The van der Waals surface area contributed by atoms with E-state index >= 15 is 0 Å². The van der Waals surface area contributed by atoms with Gasteiger partial charge >= 0.3 is 0 Å². The van der Waals surface area contributed by atoms with Crippen molar-refractivity contribution in [2.24, 2.45) is 11.8 Å². The van der Waals surface area contributed by atoms with Crippen molar-refractivity contribution in [2.75, 3.05) is 0 Å². The number of aryl methyl sites for hydroxylation is 2. The monoisotopic (exact) mass is 700 g/mol. The van der Waals surface area contributed by atoms with Crippen molar-refractivity contribution in [1.29, 1.82) is 0 Å². The molecule has 0 unspecified atom stereocenters. The van der Waals surface area contributed by atoms with Crippen LogP contribution in [0.2, 0.25) is 0 Å². The van der Waals surface area contributed by atoms with Crippen molar-refractivity contribution in [3.63, 3.8) is 0 Å². The second kappa shape index (κ2) is 15.3. The van der Waals surface area contributed by atoms with Crippen molar-refractivity contribution in [2.45, 2.75) is 83.7 Å². The Balaban J connectivity index is 0.848. The van der Waals surface area contributed by atoms with Crippen molar-refractivity contribution in [1.82, 2.24) is 20.6 Å². The van der Waals surface area contributed by atoms with Gasteiger partial charge in [0.25, 0.3) is 11.8 Å². The third-order valence-corrected chi connectivity index (χ3v) is 11.8. The summed E-state index contributed by atoms with van der Waals surface area (Å²) >= 11 is 0. The molecule has 2 N–H and O–H groups in total. The van der Waals surface area contributed by atoms with Gasteiger partial charge < -0.3 is 10.6 Å². The number of hydrogen-bond donors (Lipinski definition) is 2. The molecule has 8 rings (SSSR count). The largest absolute Gasteiger partial charge is 0.349 e. The summed E-state index contributed by atoms with van der Waals surface area (Å²) in [6, 6.07) is 36.6. The fourth-order valence-corrected chi connectivity index (χ4v) is 8.81. The fourth-order valence-electron chi connectivity index (χ4n) is 8.81. The Morgan fingerprint density at radius 3 is 1.32 bits per heavy atom. The maximum Gasteiger partial charge on any atom is 0.252 e. The van der Waals surface area contributed by atoms with E-state index < -0.39 is 0 Å². The molecule has 6 aromatic rings. The van der Waals surface area contributed by atoms with Gasteiger partial charge in [-0.05, 0) is 119 Å². The van der Waals surface area contributed by atoms with Gasteiger partial charge in [0.1, 0.15) is 0 Å². The van der Waals surface area contributed by atoms with Crippen LogP contribution in [-0.4, -0.2) is 33.9 Å². The Hall–Kier alpha value is -5.36. The van der Waals surface area contributed by atoms with Crippen LogP contribution in [0.3, 0.4) is 0 Å². The van der Waals surface area contributed by atoms with E-state index in [1.165, 1.54) is 6.42 Å². The molecule has 2 amide bonds. The second-order valence-corrected chi connectivity index (χ2v) is 15.4. The lowest BCUT2D eigenvalue weighted by Gasteiger charge is -2.34. The molecular weight excluding hydrogens is 653 g/mol. The number of pyridine rings is 2. The Kier molecular flexibility index (Phi) is 10.0. The van der Waals surface area contributed by atoms with Gasteiger partial charge in [-0.1, -0.05) is 84.9 Å². The number of fused-ring (bicyclic) bond motifs is 2. The van der Waals surface area contributed by atoms with E-state index in [0.717, 1.165) is 107 Å². The molecule has 4 aromatic carbocycles. The van der Waals surface area contributed by atoms with Gasteiger partial charge in [0.15, 0.2) is 0 Å². The maximum atomic E-state index is 13.8. The van der Waals surface area contributed by atoms with Gasteiger partial charge in [0.05, 0.1) is 33.5 Å². The number of nitrogens with one attached hydrogen (secondary N) is 2. The van der Waals surface area contributed by atoms with E-state index in [-0.39, 0.29) is 23.9 Å². The van der Waals surface area contributed by atoms with Crippen LogP contribution in [0.25, 0.3) is 44.3 Å². The lowest BCUT2D eigenvalue weighted by atomic mass is 9.75. The van der Waals surface area contributed by atoms with E-state index in [0.29, 0.717) is 23.0 Å². The summed E-state index contributed by atoms with van der Waals surface area (Å²) in [6.45, 7) is 4.17. The van der Waals surface area contributed by atoms with Gasteiger partial charge in [0, 0.05) is 34.0 Å². The average Bonchev–Trinajstić information content (AvgIpc) is 3.19. The Bertz CT molecular complexity index is 2120. The molecule has 6 heteroatoms. The number of hydrogen-bond acceptors (Lipinski definition) is 4. The number of amides is 2. The highest BCUT2D eigenvalue weighted by Gasteiger charge is 2.29. The molecule has 2 aliphatic rings. The van der Waals surface area contributed by atoms with Crippen LogP contribution in [0.1, 0.15) is 89.6 Å². The smallest absolute Gasteiger partial charge is 0.252 e. The van der Waals surface area contributed by atoms with Crippen molar-refractivity contribution < 1.29 is 9.59 Å². The number of carbonyl (C=O) groups excluding carboxylic acids is 2. The minimum absolute atomic E-state index is 0.00609. The van der Waals surface area contributed by atoms with Crippen molar-refractivity contribution in [3.8, 4) is 22.5 Å². The first kappa shape index (κ1) is 34.7. The first-order valence-corrected chi connectivity index (χ1v) is 19.4. The van der Waals surface area contributed by atoms with Crippen LogP contribution in [0.5, 0.6) is 0 Å². The van der Waals surface area contributed by atoms with Crippen LogP contribution in [0, 0.1) is 25.7 Å².